The summed E-state index contributed by atoms with van der Waals surface area (Å²) in [6.45, 7) is 23.8. The molecule has 4 nitrogen and oxygen atoms in total. The predicted molar refractivity (Wildman–Crippen MR) is 299 cm³/mol. The van der Waals surface area contributed by atoms with Crippen molar-refractivity contribution in [2.75, 3.05) is 9.80 Å². The first-order valence-electron chi connectivity index (χ1n) is 23.6. The Morgan fingerprint density at radius 2 is 0.612 bits per heavy atom. The zero-order chi connectivity index (χ0) is 46.6. The third kappa shape index (κ3) is 7.79. The maximum absolute atomic E-state index is 6.74. The Morgan fingerprint density at radius 1 is 0.299 bits per heavy atom. The molecular weight excluding hydrogens is 865 g/mol. The second-order valence-corrected chi connectivity index (χ2v) is 36.9. The van der Waals surface area contributed by atoms with Gasteiger partial charge in [-0.2, -0.15) is 0 Å². The van der Waals surface area contributed by atoms with Gasteiger partial charge in [0.05, 0.1) is 24.2 Å². The Hall–Kier alpha value is -6.65. The summed E-state index contributed by atoms with van der Waals surface area (Å²) in [6, 6.07) is 63.3. The molecule has 0 atom stereocenters. The van der Waals surface area contributed by atoms with Gasteiger partial charge in [0.25, 0.3) is 0 Å². The zero-order valence-electron chi connectivity index (χ0n) is 40.4. The molecule has 9 aromatic carbocycles. The highest BCUT2D eigenvalue weighted by molar-refractivity contribution is 6.89. The van der Waals surface area contributed by atoms with Gasteiger partial charge in [-0.05, 0) is 138 Å². The van der Waals surface area contributed by atoms with Gasteiger partial charge in [-0.15, -0.1) is 0 Å². The van der Waals surface area contributed by atoms with Crippen molar-refractivity contribution in [3.05, 3.63) is 175 Å². The molecule has 0 bridgehead atoms. The fourth-order valence-electron chi connectivity index (χ4n) is 9.79. The van der Waals surface area contributed by atoms with E-state index in [0.29, 0.717) is 0 Å². The summed E-state index contributed by atoms with van der Waals surface area (Å²) in [5.74, 6) is 0. The number of aryl methyl sites for hydroxylation is 1. The minimum atomic E-state index is -1.46. The van der Waals surface area contributed by atoms with Gasteiger partial charge in [0, 0.05) is 55.7 Å². The van der Waals surface area contributed by atoms with Crippen LogP contribution >= 0.6 is 0 Å². The lowest BCUT2D eigenvalue weighted by atomic mass is 10.0. The van der Waals surface area contributed by atoms with Crippen LogP contribution in [0.25, 0.3) is 65.4 Å². The average Bonchev–Trinajstić information content (AvgIpc) is 3.84. The van der Waals surface area contributed by atoms with Crippen molar-refractivity contribution in [3.8, 4) is 0 Å². The summed E-state index contributed by atoms with van der Waals surface area (Å²) >= 11 is 0. The van der Waals surface area contributed by atoms with Gasteiger partial charge >= 0.3 is 0 Å². The molecule has 0 N–H and O–H groups in total. The van der Waals surface area contributed by atoms with Crippen molar-refractivity contribution >= 4 is 139 Å². The SMILES string of the molecule is Cc1ccc(N(c2ccc([Si](C)(C)C)cc2)c2ccc3cc4c(cc3c2)oc2ccc3oc5cc6cc(N(c7ccc([Si](C)(C)C)cc7)c7ccc([Si](C)(C)C)cc7)ccc6cc5c3c24)cc1. The number of hydrogen-bond acceptors (Lipinski definition) is 4. The van der Waals surface area contributed by atoms with Crippen molar-refractivity contribution in [1.82, 2.24) is 0 Å². The quantitative estimate of drug-likeness (QED) is 0.135. The normalized spacial score (nSPS) is 12.6. The summed E-state index contributed by atoms with van der Waals surface area (Å²) < 4.78 is 13.5. The molecule has 7 heteroatoms. The van der Waals surface area contributed by atoms with Crippen LogP contribution in [0.4, 0.5) is 34.1 Å². The molecule has 11 aromatic rings. The van der Waals surface area contributed by atoms with Gasteiger partial charge in [0.1, 0.15) is 22.3 Å². The summed E-state index contributed by atoms with van der Waals surface area (Å²) in [5, 5.41) is 13.3. The first-order chi connectivity index (χ1) is 32.0. The van der Waals surface area contributed by atoms with Crippen molar-refractivity contribution < 1.29 is 8.83 Å². The Balaban J connectivity index is 1.01. The molecule has 0 aliphatic carbocycles. The summed E-state index contributed by atoms with van der Waals surface area (Å²) in [6.07, 6.45) is 0. The van der Waals surface area contributed by atoms with Crippen LogP contribution in [-0.2, 0) is 0 Å². The Kier molecular flexibility index (Phi) is 10.1. The van der Waals surface area contributed by atoms with E-state index < -0.39 is 24.2 Å². The van der Waals surface area contributed by atoms with Crippen molar-refractivity contribution in [2.24, 2.45) is 0 Å². The topological polar surface area (TPSA) is 32.8 Å². The minimum absolute atomic E-state index is 0.857. The summed E-state index contributed by atoms with van der Waals surface area (Å²) in [5.41, 5.74) is 11.5. The summed E-state index contributed by atoms with van der Waals surface area (Å²) in [4.78, 5) is 4.75. The van der Waals surface area contributed by atoms with Gasteiger partial charge in [0.15, 0.2) is 0 Å². The fourth-order valence-corrected chi connectivity index (χ4v) is 13.3. The molecule has 0 saturated carbocycles. The van der Waals surface area contributed by atoms with Crippen LogP contribution in [0, 0.1) is 6.92 Å². The highest BCUT2D eigenvalue weighted by Gasteiger charge is 2.23. The second kappa shape index (κ2) is 15.7. The summed E-state index contributed by atoms with van der Waals surface area (Å²) in [7, 11) is -4.37. The second-order valence-electron chi connectivity index (χ2n) is 21.7. The molecule has 0 saturated heterocycles. The molecular formula is C60H58N2O2Si3. The van der Waals surface area contributed by atoms with Crippen molar-refractivity contribution in [3.63, 3.8) is 0 Å². The number of nitrogens with zero attached hydrogens (tertiary/aromatic N) is 2. The first-order valence-corrected chi connectivity index (χ1v) is 34.1. The van der Waals surface area contributed by atoms with Gasteiger partial charge < -0.3 is 18.6 Å². The maximum atomic E-state index is 6.74. The number of anilines is 6. The van der Waals surface area contributed by atoms with E-state index in [2.05, 4.69) is 246 Å². The first kappa shape index (κ1) is 43.0. The molecule has 332 valence electrons. The van der Waals surface area contributed by atoms with E-state index in [0.717, 1.165) is 99.5 Å². The molecule has 0 fully saturated rings. The number of hydrogen-bond donors (Lipinski definition) is 0. The van der Waals surface area contributed by atoms with E-state index in [1.54, 1.807) is 0 Å². The Labute approximate surface area is 397 Å². The third-order valence-corrected chi connectivity index (χ3v) is 19.9. The van der Waals surface area contributed by atoms with Crippen LogP contribution in [-0.4, -0.2) is 24.2 Å². The lowest BCUT2D eigenvalue weighted by molar-refractivity contribution is 0.663. The fraction of sp³-hybridized carbons (Fsp3) is 0.167. The molecule has 0 aliphatic rings. The van der Waals surface area contributed by atoms with Crippen LogP contribution in [0.15, 0.2) is 179 Å². The van der Waals surface area contributed by atoms with E-state index in [9.17, 15) is 0 Å². The van der Waals surface area contributed by atoms with Crippen LogP contribution < -0.4 is 25.4 Å². The van der Waals surface area contributed by atoms with Crippen LogP contribution in [0.3, 0.4) is 0 Å². The molecule has 11 rings (SSSR count). The molecule has 67 heavy (non-hydrogen) atoms. The lowest BCUT2D eigenvalue weighted by Crippen LogP contribution is -2.37. The third-order valence-electron chi connectivity index (χ3n) is 13.7. The average molecular weight is 923 g/mol. The number of fused-ring (bicyclic) bond motifs is 9. The maximum Gasteiger partial charge on any atom is 0.136 e. The largest absolute Gasteiger partial charge is 0.456 e. The van der Waals surface area contributed by atoms with Crippen LogP contribution in [0.1, 0.15) is 5.56 Å². The van der Waals surface area contributed by atoms with E-state index >= 15 is 0 Å². The number of rotatable bonds is 9. The smallest absolute Gasteiger partial charge is 0.136 e. The lowest BCUT2D eigenvalue weighted by Gasteiger charge is -2.28. The minimum Gasteiger partial charge on any atom is -0.456 e. The molecule has 0 spiro atoms. The van der Waals surface area contributed by atoms with Crippen LogP contribution in [0.5, 0.6) is 0 Å². The van der Waals surface area contributed by atoms with E-state index in [1.165, 1.54) is 21.1 Å². The molecule has 0 radical (unpaired) electrons. The predicted octanol–water partition coefficient (Wildman–Crippen LogP) is 16.7. The molecule has 2 heterocycles. The van der Waals surface area contributed by atoms with Gasteiger partial charge in [-0.1, -0.05) is 141 Å². The van der Waals surface area contributed by atoms with Gasteiger partial charge in [0.2, 0.25) is 0 Å². The van der Waals surface area contributed by atoms with Gasteiger partial charge in [-0.3, -0.25) is 0 Å². The molecule has 0 unspecified atom stereocenters. The van der Waals surface area contributed by atoms with Crippen LogP contribution in [0.2, 0.25) is 58.9 Å². The van der Waals surface area contributed by atoms with Gasteiger partial charge in [-0.25, -0.2) is 0 Å². The highest BCUT2D eigenvalue weighted by atomic mass is 28.3. The Morgan fingerprint density at radius 3 is 0.940 bits per heavy atom. The van der Waals surface area contributed by atoms with E-state index in [4.69, 9.17) is 8.83 Å². The Bertz CT molecular complexity index is 3620. The molecule has 2 aromatic heterocycles. The van der Waals surface area contributed by atoms with E-state index in [1.807, 2.05) is 0 Å². The van der Waals surface area contributed by atoms with Crippen molar-refractivity contribution in [2.45, 2.75) is 65.8 Å². The van der Waals surface area contributed by atoms with Crippen molar-refractivity contribution in [1.29, 1.82) is 0 Å². The monoisotopic (exact) mass is 922 g/mol. The standard InChI is InChI=1S/C60H58N2O2Si3/c1-39-11-15-44(16-12-39)61(45-19-25-50(26-20-45)65(2,3)4)48-17-13-40-35-53-57(37-42(40)33-48)63-55-31-32-56-60(59(53)55)54-36-41-14-18-49(34-43(41)38-58(54)64-56)62(46-21-27-51(28-22-46)66(5,6)7)47-23-29-52(30-24-47)67(8,9)10/h11-38H,1-10H3. The molecule has 0 amide bonds. The number of benzene rings is 9. The highest BCUT2D eigenvalue weighted by Crippen LogP contribution is 2.44. The zero-order valence-corrected chi connectivity index (χ0v) is 43.4. The number of furan rings is 2. The van der Waals surface area contributed by atoms with E-state index in [-0.39, 0.29) is 0 Å². The molecule has 0 aliphatic heterocycles.